The Balaban J connectivity index is 1.48. The zero-order chi connectivity index (χ0) is 17.1. The highest BCUT2D eigenvalue weighted by molar-refractivity contribution is 5.79. The van der Waals surface area contributed by atoms with Gasteiger partial charge >= 0.3 is 0 Å². The van der Waals surface area contributed by atoms with E-state index in [1.807, 2.05) is 0 Å². The predicted octanol–water partition coefficient (Wildman–Crippen LogP) is 2.19. The molecule has 1 N–H and O–H groups in total. The quantitative estimate of drug-likeness (QED) is 0.809. The number of amides is 1. The fourth-order valence-corrected chi connectivity index (χ4v) is 4.06. The number of carbonyl (C=O) groups excluding carboxylic acids is 1. The largest absolute Gasteiger partial charge is 0.383 e. The van der Waals surface area contributed by atoms with Gasteiger partial charge in [0.15, 0.2) is 11.6 Å². The average Bonchev–Trinajstić information content (AvgIpc) is 3.09. The summed E-state index contributed by atoms with van der Waals surface area (Å²) in [6, 6.07) is 4.09. The van der Waals surface area contributed by atoms with E-state index in [2.05, 4.69) is 10.2 Å². The van der Waals surface area contributed by atoms with Gasteiger partial charge in [0.2, 0.25) is 5.91 Å². The molecule has 1 unspecified atom stereocenters. The summed E-state index contributed by atoms with van der Waals surface area (Å²) in [6.45, 7) is 3.57. The Morgan fingerprint density at radius 2 is 1.96 bits per heavy atom. The zero-order valence-corrected chi connectivity index (χ0v) is 13.9. The Morgan fingerprint density at radius 1 is 1.25 bits per heavy atom. The van der Waals surface area contributed by atoms with Gasteiger partial charge in [-0.25, -0.2) is 8.78 Å². The van der Waals surface area contributed by atoms with Crippen LogP contribution in [-0.2, 0) is 16.1 Å². The van der Waals surface area contributed by atoms with Crippen LogP contribution in [0.15, 0.2) is 18.2 Å². The third-order valence-electron chi connectivity index (χ3n) is 5.19. The number of hydrogen-bond acceptors (Lipinski definition) is 3. The van der Waals surface area contributed by atoms with Crippen molar-refractivity contribution in [2.24, 2.45) is 17.8 Å². The van der Waals surface area contributed by atoms with Gasteiger partial charge in [-0.05, 0) is 42.4 Å². The number of methoxy groups -OCH3 is 1. The van der Waals surface area contributed by atoms with E-state index >= 15 is 0 Å². The van der Waals surface area contributed by atoms with E-state index in [4.69, 9.17) is 4.74 Å². The van der Waals surface area contributed by atoms with Gasteiger partial charge in [-0.1, -0.05) is 6.07 Å². The van der Waals surface area contributed by atoms with Crippen molar-refractivity contribution < 1.29 is 18.3 Å². The standard InChI is InChI=1S/C18H24F2N2O2/c1-24-5-4-21-18(23)13-7-14-10-22(11-15(14)8-13)9-12-2-3-16(19)17(20)6-12/h2-3,6,13-15H,4-5,7-11H2,1H3,(H,21,23)/t13?,14-,15+. The van der Waals surface area contributed by atoms with Crippen molar-refractivity contribution in [3.8, 4) is 0 Å². The van der Waals surface area contributed by atoms with E-state index in [1.165, 1.54) is 12.1 Å². The number of ether oxygens (including phenoxy) is 1. The fraction of sp³-hybridized carbons (Fsp3) is 0.611. The normalized spacial score (nSPS) is 26.5. The monoisotopic (exact) mass is 338 g/mol. The SMILES string of the molecule is COCCNC(=O)C1C[C@@H]2CN(Cc3ccc(F)c(F)c3)C[C@@H]2C1. The Morgan fingerprint density at radius 3 is 2.58 bits per heavy atom. The van der Waals surface area contributed by atoms with Crippen molar-refractivity contribution in [1.29, 1.82) is 0 Å². The van der Waals surface area contributed by atoms with Gasteiger partial charge in [-0.3, -0.25) is 9.69 Å². The summed E-state index contributed by atoms with van der Waals surface area (Å²) in [5.41, 5.74) is 0.794. The van der Waals surface area contributed by atoms with Crippen molar-refractivity contribution in [2.45, 2.75) is 19.4 Å². The molecule has 2 fully saturated rings. The summed E-state index contributed by atoms with van der Waals surface area (Å²) in [5.74, 6) is -0.322. The molecule has 6 heteroatoms. The highest BCUT2D eigenvalue weighted by atomic mass is 19.2. The molecule has 4 nitrogen and oxygen atoms in total. The second-order valence-corrected chi connectivity index (χ2v) is 6.91. The van der Waals surface area contributed by atoms with Gasteiger partial charge in [0, 0.05) is 39.2 Å². The third kappa shape index (κ3) is 3.92. The molecule has 24 heavy (non-hydrogen) atoms. The number of carbonyl (C=O) groups is 1. The summed E-state index contributed by atoms with van der Waals surface area (Å²) in [5, 5.41) is 2.92. The fourth-order valence-electron chi connectivity index (χ4n) is 4.06. The lowest BCUT2D eigenvalue weighted by molar-refractivity contribution is -0.125. The first-order valence-electron chi connectivity index (χ1n) is 8.49. The van der Waals surface area contributed by atoms with Crippen LogP contribution >= 0.6 is 0 Å². The maximum atomic E-state index is 13.3. The molecule has 0 spiro atoms. The molecule has 1 aliphatic carbocycles. The van der Waals surface area contributed by atoms with Gasteiger partial charge in [0.05, 0.1) is 6.61 Å². The summed E-state index contributed by atoms with van der Waals surface area (Å²) < 4.78 is 31.2. The maximum Gasteiger partial charge on any atom is 0.223 e. The molecule has 3 rings (SSSR count). The minimum atomic E-state index is -0.806. The number of nitrogens with one attached hydrogen (secondary N) is 1. The molecule has 1 saturated carbocycles. The number of likely N-dealkylation sites (tertiary alicyclic amines) is 1. The molecule has 1 amide bonds. The molecule has 2 aliphatic rings. The first kappa shape index (κ1) is 17.3. The van der Waals surface area contributed by atoms with E-state index < -0.39 is 11.6 Å². The molecular formula is C18H24F2N2O2. The second-order valence-electron chi connectivity index (χ2n) is 6.91. The Bertz CT molecular complexity index is 582. The predicted molar refractivity (Wildman–Crippen MR) is 86.2 cm³/mol. The van der Waals surface area contributed by atoms with E-state index in [-0.39, 0.29) is 11.8 Å². The molecule has 0 aromatic heterocycles. The lowest BCUT2D eigenvalue weighted by atomic mass is 10.0. The number of halogens is 2. The number of nitrogens with zero attached hydrogens (tertiary/aromatic N) is 1. The van der Waals surface area contributed by atoms with Crippen LogP contribution in [0.25, 0.3) is 0 Å². The number of hydrogen-bond donors (Lipinski definition) is 1. The van der Waals surface area contributed by atoms with Crippen molar-refractivity contribution in [1.82, 2.24) is 10.2 Å². The molecule has 1 aliphatic heterocycles. The van der Waals surface area contributed by atoms with E-state index in [1.54, 1.807) is 13.2 Å². The smallest absolute Gasteiger partial charge is 0.223 e. The van der Waals surface area contributed by atoms with Crippen LogP contribution < -0.4 is 5.32 Å². The first-order chi connectivity index (χ1) is 11.6. The van der Waals surface area contributed by atoms with Crippen molar-refractivity contribution >= 4 is 5.91 Å². The Labute approximate surface area is 141 Å². The van der Waals surface area contributed by atoms with Crippen molar-refractivity contribution in [3.63, 3.8) is 0 Å². The van der Waals surface area contributed by atoms with Crippen LogP contribution in [0.3, 0.4) is 0 Å². The molecular weight excluding hydrogens is 314 g/mol. The second kappa shape index (κ2) is 7.57. The molecule has 3 atom stereocenters. The Hall–Kier alpha value is -1.53. The molecule has 1 saturated heterocycles. The van der Waals surface area contributed by atoms with Crippen LogP contribution in [0.1, 0.15) is 18.4 Å². The van der Waals surface area contributed by atoms with Crippen LogP contribution in [0.4, 0.5) is 8.78 Å². The lowest BCUT2D eigenvalue weighted by Crippen LogP contribution is -2.33. The number of rotatable bonds is 6. The van der Waals surface area contributed by atoms with E-state index in [9.17, 15) is 13.6 Å². The highest BCUT2D eigenvalue weighted by Gasteiger charge is 2.42. The first-order valence-corrected chi connectivity index (χ1v) is 8.49. The topological polar surface area (TPSA) is 41.6 Å². The third-order valence-corrected chi connectivity index (χ3v) is 5.19. The van der Waals surface area contributed by atoms with Crippen molar-refractivity contribution in [2.75, 3.05) is 33.4 Å². The average molecular weight is 338 g/mol. The summed E-state index contributed by atoms with van der Waals surface area (Å²) in [4.78, 5) is 14.4. The van der Waals surface area contributed by atoms with Gasteiger partial charge < -0.3 is 10.1 Å². The number of benzene rings is 1. The van der Waals surface area contributed by atoms with E-state index in [0.29, 0.717) is 31.5 Å². The van der Waals surface area contributed by atoms with Gasteiger partial charge in [0.1, 0.15) is 0 Å². The minimum absolute atomic E-state index is 0.0993. The molecule has 1 heterocycles. The van der Waals surface area contributed by atoms with Crippen LogP contribution in [-0.4, -0.2) is 44.2 Å². The van der Waals surface area contributed by atoms with Crippen molar-refractivity contribution in [3.05, 3.63) is 35.4 Å². The van der Waals surface area contributed by atoms with Gasteiger partial charge in [0.25, 0.3) is 0 Å². The van der Waals surface area contributed by atoms with Crippen LogP contribution in [0.2, 0.25) is 0 Å². The summed E-state index contributed by atoms with van der Waals surface area (Å²) in [6.07, 6.45) is 1.83. The number of fused-ring (bicyclic) bond motifs is 1. The lowest BCUT2D eigenvalue weighted by Gasteiger charge is -2.19. The summed E-state index contributed by atoms with van der Waals surface area (Å²) in [7, 11) is 1.62. The van der Waals surface area contributed by atoms with E-state index in [0.717, 1.165) is 31.5 Å². The highest BCUT2D eigenvalue weighted by Crippen LogP contribution is 2.42. The van der Waals surface area contributed by atoms with Gasteiger partial charge in [-0.15, -0.1) is 0 Å². The molecule has 1 aromatic rings. The molecule has 132 valence electrons. The van der Waals surface area contributed by atoms with Crippen LogP contribution in [0, 0.1) is 29.4 Å². The molecule has 0 radical (unpaired) electrons. The Kier molecular flexibility index (Phi) is 5.46. The zero-order valence-electron chi connectivity index (χ0n) is 13.9. The van der Waals surface area contributed by atoms with Gasteiger partial charge in [-0.2, -0.15) is 0 Å². The molecule has 1 aromatic carbocycles. The maximum absolute atomic E-state index is 13.3. The minimum Gasteiger partial charge on any atom is -0.383 e. The summed E-state index contributed by atoms with van der Waals surface area (Å²) >= 11 is 0. The van der Waals surface area contributed by atoms with Crippen LogP contribution in [0.5, 0.6) is 0 Å². The molecule has 0 bridgehead atoms.